The van der Waals surface area contributed by atoms with Crippen molar-refractivity contribution >= 4 is 11.9 Å². The number of aliphatic hydroxyl groups is 1. The van der Waals surface area contributed by atoms with Crippen LogP contribution in [0.3, 0.4) is 0 Å². The molecule has 0 spiro atoms. The number of pyridine rings is 1. The summed E-state index contributed by atoms with van der Waals surface area (Å²) in [5.41, 5.74) is 2.18. The van der Waals surface area contributed by atoms with Crippen LogP contribution in [0.2, 0.25) is 0 Å². The van der Waals surface area contributed by atoms with E-state index < -0.39 is 18.0 Å². The van der Waals surface area contributed by atoms with Crippen LogP contribution in [0.25, 0.3) is 0 Å². The van der Waals surface area contributed by atoms with Gasteiger partial charge < -0.3 is 25.4 Å². The Balaban J connectivity index is 0.000000769. The van der Waals surface area contributed by atoms with Crippen molar-refractivity contribution in [1.82, 2.24) is 10.3 Å². The monoisotopic (exact) mass is 393 g/mol. The molecule has 0 aliphatic carbocycles. The molecular formula is C19H27N3O6. The maximum Gasteiger partial charge on any atom is 0.328 e. The van der Waals surface area contributed by atoms with Crippen molar-refractivity contribution in [2.45, 2.75) is 46.3 Å². The van der Waals surface area contributed by atoms with Crippen LogP contribution >= 0.6 is 0 Å². The van der Waals surface area contributed by atoms with Gasteiger partial charge in [-0.1, -0.05) is 0 Å². The zero-order chi connectivity index (χ0) is 21.9. The molecule has 1 heterocycles. The minimum absolute atomic E-state index is 0.0580. The molecule has 1 rings (SSSR count). The molecule has 0 aliphatic heterocycles. The number of ether oxygens (including phenoxy) is 1. The molecule has 1 aromatic heterocycles. The average Bonchev–Trinajstić information content (AvgIpc) is 2.59. The second-order valence-electron chi connectivity index (χ2n) is 6.96. The fourth-order valence-electron chi connectivity index (χ4n) is 1.72. The third kappa shape index (κ3) is 10.9. The van der Waals surface area contributed by atoms with Crippen LogP contribution < -0.4 is 10.1 Å². The molecule has 0 bridgehead atoms. The summed E-state index contributed by atoms with van der Waals surface area (Å²) in [4.78, 5) is 23.2. The van der Waals surface area contributed by atoms with E-state index in [-0.39, 0.29) is 18.0 Å². The van der Waals surface area contributed by atoms with Crippen LogP contribution in [0, 0.1) is 25.2 Å². The van der Waals surface area contributed by atoms with Gasteiger partial charge in [-0.2, -0.15) is 5.26 Å². The first-order chi connectivity index (χ1) is 12.9. The third-order valence-electron chi connectivity index (χ3n) is 3.32. The molecule has 0 aliphatic rings. The number of carbonyl (C=O) groups is 2. The van der Waals surface area contributed by atoms with Crippen molar-refractivity contribution < 1.29 is 29.6 Å². The number of nitrogens with one attached hydrogen (secondary N) is 1. The number of rotatable bonds is 7. The van der Waals surface area contributed by atoms with Gasteiger partial charge in [-0.3, -0.25) is 0 Å². The van der Waals surface area contributed by atoms with Gasteiger partial charge in [-0.05, 0) is 45.7 Å². The van der Waals surface area contributed by atoms with E-state index in [0.717, 1.165) is 11.1 Å². The maximum absolute atomic E-state index is 9.86. The van der Waals surface area contributed by atoms with Gasteiger partial charge in [0.15, 0.2) is 0 Å². The Morgan fingerprint density at radius 1 is 1.29 bits per heavy atom. The fraction of sp³-hybridized carbons (Fsp3) is 0.474. The summed E-state index contributed by atoms with van der Waals surface area (Å²) < 4.78 is 5.47. The second-order valence-corrected chi connectivity index (χ2v) is 6.96. The van der Waals surface area contributed by atoms with Crippen LogP contribution in [0.1, 0.15) is 37.5 Å². The topological polar surface area (TPSA) is 153 Å². The highest BCUT2D eigenvalue weighted by Gasteiger charge is 2.15. The van der Waals surface area contributed by atoms with Gasteiger partial charge in [-0.15, -0.1) is 0 Å². The molecule has 1 aromatic rings. The summed E-state index contributed by atoms with van der Waals surface area (Å²) in [5.74, 6) is -2.23. The van der Waals surface area contributed by atoms with E-state index in [1.807, 2.05) is 34.6 Å². The zero-order valence-electron chi connectivity index (χ0n) is 16.7. The summed E-state index contributed by atoms with van der Waals surface area (Å²) in [6.07, 6.45) is 2.14. The predicted octanol–water partition coefficient (Wildman–Crippen LogP) is 1.41. The van der Waals surface area contributed by atoms with Gasteiger partial charge in [0.2, 0.25) is 5.88 Å². The average molecular weight is 393 g/mol. The lowest BCUT2D eigenvalue weighted by Gasteiger charge is -2.23. The molecule has 0 amide bonds. The molecule has 0 radical (unpaired) electrons. The lowest BCUT2D eigenvalue weighted by molar-refractivity contribution is -0.134. The number of aryl methyl sites for hydroxylation is 1. The predicted molar refractivity (Wildman–Crippen MR) is 102 cm³/mol. The smallest absolute Gasteiger partial charge is 0.328 e. The Morgan fingerprint density at radius 2 is 1.82 bits per heavy atom. The first kappa shape index (κ1) is 25.0. The molecule has 154 valence electrons. The van der Waals surface area contributed by atoms with Crippen LogP contribution in [0.5, 0.6) is 5.88 Å². The van der Waals surface area contributed by atoms with Crippen LogP contribution in [0.4, 0.5) is 0 Å². The molecule has 1 atom stereocenters. The zero-order valence-corrected chi connectivity index (χ0v) is 16.7. The number of aliphatic carboxylic acids is 2. The van der Waals surface area contributed by atoms with Crippen molar-refractivity contribution in [2.75, 3.05) is 13.2 Å². The Bertz CT molecular complexity index is 731. The minimum Gasteiger partial charge on any atom is -0.478 e. The summed E-state index contributed by atoms with van der Waals surface area (Å²) >= 11 is 0. The van der Waals surface area contributed by atoms with Gasteiger partial charge in [-0.25, -0.2) is 14.6 Å². The van der Waals surface area contributed by atoms with E-state index in [0.29, 0.717) is 24.3 Å². The molecule has 4 N–H and O–H groups in total. The van der Waals surface area contributed by atoms with E-state index in [4.69, 9.17) is 20.2 Å². The molecule has 0 aromatic carbocycles. The first-order valence-electron chi connectivity index (χ1n) is 8.43. The number of aromatic nitrogens is 1. The van der Waals surface area contributed by atoms with Crippen molar-refractivity contribution in [3.8, 4) is 11.9 Å². The highest BCUT2D eigenvalue weighted by Crippen LogP contribution is 2.20. The molecule has 9 nitrogen and oxygen atoms in total. The van der Waals surface area contributed by atoms with Gasteiger partial charge in [0, 0.05) is 30.4 Å². The van der Waals surface area contributed by atoms with E-state index in [1.165, 1.54) is 0 Å². The lowest BCUT2D eigenvalue weighted by atomic mass is 10.1. The molecule has 0 fully saturated rings. The number of carboxylic acids is 2. The molecule has 28 heavy (non-hydrogen) atoms. The summed E-state index contributed by atoms with van der Waals surface area (Å²) in [5, 5.41) is 37.8. The summed E-state index contributed by atoms with van der Waals surface area (Å²) in [6.45, 7) is 10.4. The normalized spacial score (nSPS) is 11.9. The van der Waals surface area contributed by atoms with E-state index in [1.54, 1.807) is 6.20 Å². The number of hydrogen-bond acceptors (Lipinski definition) is 7. The number of hydrogen-bond donors (Lipinski definition) is 4. The number of nitrogens with zero attached hydrogens (tertiary/aromatic N) is 2. The first-order valence-corrected chi connectivity index (χ1v) is 8.43. The second kappa shape index (κ2) is 11.7. The van der Waals surface area contributed by atoms with E-state index in [2.05, 4.69) is 16.4 Å². The molecular weight excluding hydrogens is 366 g/mol. The molecule has 0 saturated carbocycles. The van der Waals surface area contributed by atoms with E-state index >= 15 is 0 Å². The van der Waals surface area contributed by atoms with Gasteiger partial charge in [0.05, 0.1) is 0 Å². The SMILES string of the molecule is Cc1cnc(OC[C@@H](O)CNC(C)(C)C)c(C#N)c1C.O=C(O)/C=C\C(=O)O. The number of aliphatic hydroxyl groups excluding tert-OH is 1. The van der Waals surface area contributed by atoms with Gasteiger partial charge >= 0.3 is 11.9 Å². The number of β-amino-alcohol motifs (C(OH)–C–C–N with tert-alkyl or cyclic N) is 1. The van der Waals surface area contributed by atoms with E-state index in [9.17, 15) is 14.7 Å². The van der Waals surface area contributed by atoms with Crippen molar-refractivity contribution in [1.29, 1.82) is 5.26 Å². The Labute approximate surface area is 164 Å². The third-order valence-corrected chi connectivity index (χ3v) is 3.32. The van der Waals surface area contributed by atoms with Crippen molar-refractivity contribution in [2.24, 2.45) is 0 Å². The Morgan fingerprint density at radius 3 is 2.25 bits per heavy atom. The van der Waals surface area contributed by atoms with Crippen molar-refractivity contribution in [3.05, 3.63) is 35.0 Å². The maximum atomic E-state index is 9.86. The molecule has 9 heteroatoms. The summed E-state index contributed by atoms with van der Waals surface area (Å²) in [6, 6.07) is 2.10. The fourth-order valence-corrected chi connectivity index (χ4v) is 1.72. The highest BCUT2D eigenvalue weighted by molar-refractivity contribution is 5.89. The Kier molecular flexibility index (Phi) is 10.5. The molecule has 0 unspecified atom stereocenters. The standard InChI is InChI=1S/C15H23N3O2.C4H4O4/c1-10-7-17-14(13(6-16)11(10)2)20-9-12(19)8-18-15(3,4)5;5-3(6)1-2-4(7)8/h7,12,18-19H,8-9H2,1-5H3;1-2H,(H,5,6)(H,7,8)/b;2-1-/t12-;/m0./s1. The van der Waals surface area contributed by atoms with Crippen molar-refractivity contribution in [3.63, 3.8) is 0 Å². The van der Waals surface area contributed by atoms with Crippen LogP contribution in [0.15, 0.2) is 18.3 Å². The van der Waals surface area contributed by atoms with Crippen LogP contribution in [-0.4, -0.2) is 57.0 Å². The van der Waals surface area contributed by atoms with Crippen LogP contribution in [-0.2, 0) is 9.59 Å². The highest BCUT2D eigenvalue weighted by atomic mass is 16.5. The van der Waals surface area contributed by atoms with Gasteiger partial charge in [0.25, 0.3) is 0 Å². The molecule has 0 saturated heterocycles. The van der Waals surface area contributed by atoms with Gasteiger partial charge in [0.1, 0.15) is 24.3 Å². The quantitative estimate of drug-likeness (QED) is 0.503. The lowest BCUT2D eigenvalue weighted by Crippen LogP contribution is -2.42. The summed E-state index contributed by atoms with van der Waals surface area (Å²) in [7, 11) is 0. The largest absolute Gasteiger partial charge is 0.478 e. The Hall–Kier alpha value is -2.96. The number of nitriles is 1. The minimum atomic E-state index is -1.26. The number of carboxylic acid groups (broad SMARTS) is 2.